The summed E-state index contributed by atoms with van der Waals surface area (Å²) in [6.07, 6.45) is 0.870. The van der Waals surface area contributed by atoms with Gasteiger partial charge in [-0.1, -0.05) is 18.2 Å². The third-order valence-corrected chi connectivity index (χ3v) is 4.06. The van der Waals surface area contributed by atoms with Crippen molar-refractivity contribution in [1.82, 2.24) is 4.90 Å². The zero-order chi connectivity index (χ0) is 15.1. The second kappa shape index (κ2) is 7.69. The Balaban J connectivity index is 1.80. The first kappa shape index (κ1) is 15.4. The van der Waals surface area contributed by atoms with Gasteiger partial charge in [-0.2, -0.15) is 0 Å². The first-order valence-electron chi connectivity index (χ1n) is 6.73. The average Bonchev–Trinajstić information content (AvgIpc) is 3.03. The second-order valence-electron chi connectivity index (χ2n) is 4.58. The number of carbonyl (C=O) groups is 1. The summed E-state index contributed by atoms with van der Waals surface area (Å²) in [5, 5.41) is 2.04. The zero-order valence-corrected chi connectivity index (χ0v) is 13.1. The average molecular weight is 305 g/mol. The molecule has 0 saturated heterocycles. The summed E-state index contributed by atoms with van der Waals surface area (Å²) in [6, 6.07) is 11.4. The van der Waals surface area contributed by atoms with Gasteiger partial charge in [0.15, 0.2) is 18.1 Å². The summed E-state index contributed by atoms with van der Waals surface area (Å²) in [6.45, 7) is 0.704. The zero-order valence-electron chi connectivity index (χ0n) is 12.2. The molecule has 0 radical (unpaired) electrons. The topological polar surface area (TPSA) is 38.8 Å². The van der Waals surface area contributed by atoms with Gasteiger partial charge in [-0.05, 0) is 30.0 Å². The Morgan fingerprint density at radius 1 is 1.19 bits per heavy atom. The van der Waals surface area contributed by atoms with Gasteiger partial charge in [-0.25, -0.2) is 0 Å². The molecule has 2 aromatic rings. The molecule has 0 bridgehead atoms. The molecule has 1 heterocycles. The van der Waals surface area contributed by atoms with Crippen molar-refractivity contribution >= 4 is 17.2 Å². The van der Waals surface area contributed by atoms with Crippen LogP contribution in [-0.2, 0) is 11.2 Å². The Kier molecular flexibility index (Phi) is 5.63. The van der Waals surface area contributed by atoms with Gasteiger partial charge in [0.2, 0.25) is 0 Å². The van der Waals surface area contributed by atoms with Crippen molar-refractivity contribution in [3.05, 3.63) is 46.7 Å². The van der Waals surface area contributed by atoms with E-state index in [4.69, 9.17) is 9.47 Å². The highest BCUT2D eigenvalue weighted by atomic mass is 32.1. The van der Waals surface area contributed by atoms with E-state index in [2.05, 4.69) is 6.07 Å². The number of ether oxygens (including phenoxy) is 2. The van der Waals surface area contributed by atoms with Crippen LogP contribution in [0.3, 0.4) is 0 Å². The minimum atomic E-state index is -0.0440. The van der Waals surface area contributed by atoms with Crippen molar-refractivity contribution in [3.8, 4) is 11.5 Å². The molecule has 0 aliphatic rings. The standard InChI is InChI=1S/C16H19NO3S/c1-17(10-9-13-6-5-11-21-13)16(18)12-20-15-8-4-3-7-14(15)19-2/h3-8,11H,9-10,12H2,1-2H3. The fourth-order valence-corrected chi connectivity index (χ4v) is 2.54. The monoisotopic (exact) mass is 305 g/mol. The fraction of sp³-hybridized carbons (Fsp3) is 0.312. The molecule has 21 heavy (non-hydrogen) atoms. The number of thiophene rings is 1. The molecule has 0 atom stereocenters. The van der Waals surface area contributed by atoms with Gasteiger partial charge in [-0.15, -0.1) is 11.3 Å². The maximum atomic E-state index is 12.0. The van der Waals surface area contributed by atoms with Crippen LogP contribution < -0.4 is 9.47 Å². The largest absolute Gasteiger partial charge is 0.493 e. The lowest BCUT2D eigenvalue weighted by Crippen LogP contribution is -2.33. The SMILES string of the molecule is COc1ccccc1OCC(=O)N(C)CCc1cccs1. The highest BCUT2D eigenvalue weighted by molar-refractivity contribution is 7.09. The molecule has 0 unspecified atom stereocenters. The highest BCUT2D eigenvalue weighted by Crippen LogP contribution is 2.25. The van der Waals surface area contributed by atoms with Crippen LogP contribution in [0.1, 0.15) is 4.88 Å². The van der Waals surface area contributed by atoms with Gasteiger partial charge >= 0.3 is 0 Å². The van der Waals surface area contributed by atoms with Crippen molar-refractivity contribution < 1.29 is 14.3 Å². The van der Waals surface area contributed by atoms with Crippen LogP contribution in [0.5, 0.6) is 11.5 Å². The first-order valence-corrected chi connectivity index (χ1v) is 7.61. The smallest absolute Gasteiger partial charge is 0.260 e. The molecule has 1 aromatic heterocycles. The van der Waals surface area contributed by atoms with Crippen molar-refractivity contribution in [1.29, 1.82) is 0 Å². The van der Waals surface area contributed by atoms with Crippen LogP contribution in [0, 0.1) is 0 Å². The molecule has 5 heteroatoms. The summed E-state index contributed by atoms with van der Waals surface area (Å²) in [7, 11) is 3.37. The minimum absolute atomic E-state index is 0.0152. The molecule has 0 fully saturated rings. The van der Waals surface area contributed by atoms with Gasteiger partial charge in [0.1, 0.15) is 0 Å². The quantitative estimate of drug-likeness (QED) is 0.789. The Morgan fingerprint density at radius 3 is 2.62 bits per heavy atom. The number of para-hydroxylation sites is 2. The lowest BCUT2D eigenvalue weighted by molar-refractivity contribution is -0.132. The Morgan fingerprint density at radius 2 is 1.95 bits per heavy atom. The van der Waals surface area contributed by atoms with Gasteiger partial charge in [0, 0.05) is 18.5 Å². The van der Waals surface area contributed by atoms with Crippen molar-refractivity contribution in [2.45, 2.75) is 6.42 Å². The van der Waals surface area contributed by atoms with E-state index in [-0.39, 0.29) is 12.5 Å². The maximum absolute atomic E-state index is 12.0. The summed E-state index contributed by atoms with van der Waals surface area (Å²) < 4.78 is 10.7. The normalized spacial score (nSPS) is 10.2. The number of nitrogens with zero attached hydrogens (tertiary/aromatic N) is 1. The van der Waals surface area contributed by atoms with E-state index in [1.807, 2.05) is 23.6 Å². The van der Waals surface area contributed by atoms with E-state index < -0.39 is 0 Å². The number of benzene rings is 1. The number of carbonyl (C=O) groups excluding carboxylic acids is 1. The number of rotatable bonds is 7. The third-order valence-electron chi connectivity index (χ3n) is 3.12. The molecule has 1 aromatic carbocycles. The van der Waals surface area contributed by atoms with E-state index in [0.717, 1.165) is 6.42 Å². The van der Waals surface area contributed by atoms with Crippen molar-refractivity contribution in [2.24, 2.45) is 0 Å². The van der Waals surface area contributed by atoms with Gasteiger partial charge in [0.05, 0.1) is 7.11 Å². The molecule has 0 saturated carbocycles. The number of methoxy groups -OCH3 is 1. The predicted molar refractivity (Wildman–Crippen MR) is 84.1 cm³/mol. The van der Waals surface area contributed by atoms with Crippen LogP contribution in [0.25, 0.3) is 0 Å². The lowest BCUT2D eigenvalue weighted by atomic mass is 10.3. The molecule has 112 valence electrons. The van der Waals surface area contributed by atoms with Crippen LogP contribution >= 0.6 is 11.3 Å². The molecule has 0 aliphatic heterocycles. The van der Waals surface area contributed by atoms with E-state index >= 15 is 0 Å². The van der Waals surface area contributed by atoms with E-state index in [9.17, 15) is 4.79 Å². The molecule has 4 nitrogen and oxygen atoms in total. The van der Waals surface area contributed by atoms with Gasteiger partial charge in [-0.3, -0.25) is 4.79 Å². The number of likely N-dealkylation sites (N-methyl/N-ethyl adjacent to an activating group) is 1. The van der Waals surface area contributed by atoms with E-state index in [1.54, 1.807) is 42.5 Å². The lowest BCUT2D eigenvalue weighted by Gasteiger charge is -2.17. The van der Waals surface area contributed by atoms with Crippen LogP contribution in [0.15, 0.2) is 41.8 Å². The minimum Gasteiger partial charge on any atom is -0.493 e. The molecule has 1 amide bonds. The molecular weight excluding hydrogens is 286 g/mol. The number of amides is 1. The van der Waals surface area contributed by atoms with Crippen molar-refractivity contribution in [3.63, 3.8) is 0 Å². The second-order valence-corrected chi connectivity index (χ2v) is 5.62. The van der Waals surface area contributed by atoms with E-state index in [1.165, 1.54) is 4.88 Å². The predicted octanol–water partition coefficient (Wildman–Crippen LogP) is 2.84. The number of hydrogen-bond donors (Lipinski definition) is 0. The Labute approximate surface area is 128 Å². The van der Waals surface area contributed by atoms with Crippen LogP contribution in [-0.4, -0.2) is 38.1 Å². The molecule has 0 N–H and O–H groups in total. The molecule has 0 aliphatic carbocycles. The fourth-order valence-electron chi connectivity index (χ4n) is 1.85. The number of hydrogen-bond acceptors (Lipinski definition) is 4. The Bertz CT molecular complexity index is 569. The Hall–Kier alpha value is -2.01. The van der Waals surface area contributed by atoms with Crippen molar-refractivity contribution in [2.75, 3.05) is 27.3 Å². The highest BCUT2D eigenvalue weighted by Gasteiger charge is 2.11. The van der Waals surface area contributed by atoms with Crippen LogP contribution in [0.2, 0.25) is 0 Å². The van der Waals surface area contributed by atoms with Gasteiger partial charge in [0.25, 0.3) is 5.91 Å². The molecular formula is C16H19NO3S. The first-order chi connectivity index (χ1) is 10.2. The summed E-state index contributed by atoms with van der Waals surface area (Å²) >= 11 is 1.71. The molecule has 0 spiro atoms. The summed E-state index contributed by atoms with van der Waals surface area (Å²) in [4.78, 5) is 15.0. The third kappa shape index (κ3) is 4.49. The maximum Gasteiger partial charge on any atom is 0.260 e. The van der Waals surface area contributed by atoms with E-state index in [0.29, 0.717) is 18.0 Å². The van der Waals surface area contributed by atoms with Gasteiger partial charge < -0.3 is 14.4 Å². The molecule has 2 rings (SSSR count). The summed E-state index contributed by atoms with van der Waals surface area (Å²) in [5.41, 5.74) is 0. The summed E-state index contributed by atoms with van der Waals surface area (Å²) in [5.74, 6) is 1.17. The van der Waals surface area contributed by atoms with Crippen LogP contribution in [0.4, 0.5) is 0 Å².